The topological polar surface area (TPSA) is 0 Å². The average Bonchev–Trinajstić information content (AvgIpc) is 3.33. The SMILES string of the molecule is c1ccc2c(c1)c1ccccc1c1cc(-c3ccc(-c4ccc5c(ccc6c7ccc(-c8ccc9c%10ccccc%10c%10ccccc%10c9c8)cc7ccc56)c4)cc3)ccc21. The highest BCUT2D eigenvalue weighted by molar-refractivity contribution is 6.27. The molecule has 60 heavy (non-hydrogen) atoms. The molecule has 0 aliphatic rings. The molecule has 0 fully saturated rings. The van der Waals surface area contributed by atoms with Crippen molar-refractivity contribution >= 4 is 97.0 Å². The fourth-order valence-corrected chi connectivity index (χ4v) is 10.3. The third-order valence-electron chi connectivity index (χ3n) is 13.2. The summed E-state index contributed by atoms with van der Waals surface area (Å²) in [6.45, 7) is 0. The van der Waals surface area contributed by atoms with E-state index in [-0.39, 0.29) is 0 Å². The van der Waals surface area contributed by atoms with E-state index in [2.05, 4.69) is 218 Å². The maximum absolute atomic E-state index is 2.39. The zero-order chi connectivity index (χ0) is 39.3. The van der Waals surface area contributed by atoms with Crippen molar-refractivity contribution in [2.75, 3.05) is 0 Å². The summed E-state index contributed by atoms with van der Waals surface area (Å²) in [7, 11) is 0. The molecule has 0 saturated heterocycles. The molecule has 276 valence electrons. The van der Waals surface area contributed by atoms with Crippen molar-refractivity contribution in [3.05, 3.63) is 218 Å². The van der Waals surface area contributed by atoms with Gasteiger partial charge in [-0.1, -0.05) is 194 Å². The van der Waals surface area contributed by atoms with Crippen molar-refractivity contribution in [3.63, 3.8) is 0 Å². The highest BCUT2D eigenvalue weighted by Gasteiger charge is 2.13. The molecular weight excluding hydrogens is 721 g/mol. The van der Waals surface area contributed by atoms with Crippen LogP contribution in [-0.2, 0) is 0 Å². The Morgan fingerprint density at radius 1 is 0.133 bits per heavy atom. The predicted octanol–water partition coefficient (Wildman–Crippen LogP) is 17.1. The highest BCUT2D eigenvalue weighted by Crippen LogP contribution is 2.41. The minimum absolute atomic E-state index is 1.22. The number of benzene rings is 13. The lowest BCUT2D eigenvalue weighted by molar-refractivity contribution is 1.62. The quantitative estimate of drug-likeness (QED) is 0.158. The largest absolute Gasteiger partial charge is 0.0616 e. The van der Waals surface area contributed by atoms with Gasteiger partial charge in [0.1, 0.15) is 0 Å². The number of rotatable bonds is 3. The van der Waals surface area contributed by atoms with Gasteiger partial charge in [-0.2, -0.15) is 0 Å². The Morgan fingerprint density at radius 2 is 0.350 bits per heavy atom. The molecule has 0 atom stereocenters. The first kappa shape index (κ1) is 33.2. The predicted molar refractivity (Wildman–Crippen MR) is 260 cm³/mol. The first-order chi connectivity index (χ1) is 29.7. The van der Waals surface area contributed by atoms with Crippen LogP contribution in [0.3, 0.4) is 0 Å². The second-order valence-electron chi connectivity index (χ2n) is 16.4. The average molecular weight is 757 g/mol. The van der Waals surface area contributed by atoms with Crippen LogP contribution in [0.2, 0.25) is 0 Å². The zero-order valence-electron chi connectivity index (χ0n) is 32.8. The van der Waals surface area contributed by atoms with E-state index >= 15 is 0 Å². The number of hydrogen-bond donors (Lipinski definition) is 0. The molecule has 0 aliphatic carbocycles. The molecule has 0 heterocycles. The van der Waals surface area contributed by atoms with Crippen LogP contribution < -0.4 is 0 Å². The van der Waals surface area contributed by atoms with E-state index in [9.17, 15) is 0 Å². The van der Waals surface area contributed by atoms with Gasteiger partial charge in [-0.3, -0.25) is 0 Å². The Labute approximate surface area is 347 Å². The van der Waals surface area contributed by atoms with Crippen LogP contribution >= 0.6 is 0 Å². The van der Waals surface area contributed by atoms with Gasteiger partial charge < -0.3 is 0 Å². The lowest BCUT2D eigenvalue weighted by Gasteiger charge is -2.13. The van der Waals surface area contributed by atoms with Crippen molar-refractivity contribution in [1.29, 1.82) is 0 Å². The first-order valence-electron chi connectivity index (χ1n) is 20.9. The van der Waals surface area contributed by atoms with Gasteiger partial charge in [0.25, 0.3) is 0 Å². The molecule has 13 aromatic rings. The molecule has 0 radical (unpaired) electrons. The third kappa shape index (κ3) is 4.98. The van der Waals surface area contributed by atoms with E-state index in [1.165, 1.54) is 130 Å². The molecule has 13 aromatic carbocycles. The number of hydrogen-bond acceptors (Lipinski definition) is 0. The van der Waals surface area contributed by atoms with E-state index in [4.69, 9.17) is 0 Å². The van der Waals surface area contributed by atoms with Gasteiger partial charge in [-0.25, -0.2) is 0 Å². The van der Waals surface area contributed by atoms with Crippen molar-refractivity contribution < 1.29 is 0 Å². The zero-order valence-corrected chi connectivity index (χ0v) is 32.8. The molecule has 0 N–H and O–H groups in total. The van der Waals surface area contributed by atoms with Crippen LogP contribution in [-0.4, -0.2) is 0 Å². The second kappa shape index (κ2) is 12.9. The second-order valence-corrected chi connectivity index (χ2v) is 16.4. The van der Waals surface area contributed by atoms with Gasteiger partial charge in [-0.05, 0) is 155 Å². The highest BCUT2D eigenvalue weighted by atomic mass is 14.2. The normalized spacial score (nSPS) is 12.0. The Kier molecular flexibility index (Phi) is 7.11. The molecule has 0 saturated carbocycles. The molecule has 0 aromatic heterocycles. The molecular formula is C60H36. The Bertz CT molecular complexity index is 3850. The van der Waals surface area contributed by atoms with Gasteiger partial charge in [0, 0.05) is 0 Å². The van der Waals surface area contributed by atoms with Crippen molar-refractivity contribution in [3.8, 4) is 33.4 Å². The van der Waals surface area contributed by atoms with E-state index < -0.39 is 0 Å². The summed E-state index contributed by atoms with van der Waals surface area (Å²) >= 11 is 0. The summed E-state index contributed by atoms with van der Waals surface area (Å²) < 4.78 is 0. The van der Waals surface area contributed by atoms with Gasteiger partial charge in [0.2, 0.25) is 0 Å². The molecule has 0 bridgehead atoms. The van der Waals surface area contributed by atoms with Crippen molar-refractivity contribution in [2.45, 2.75) is 0 Å². The van der Waals surface area contributed by atoms with E-state index in [0.29, 0.717) is 0 Å². The van der Waals surface area contributed by atoms with Crippen LogP contribution in [0.5, 0.6) is 0 Å². The third-order valence-corrected chi connectivity index (χ3v) is 13.2. The summed E-state index contributed by atoms with van der Waals surface area (Å²) in [5, 5.41) is 23.3. The summed E-state index contributed by atoms with van der Waals surface area (Å²) in [5.41, 5.74) is 7.38. The summed E-state index contributed by atoms with van der Waals surface area (Å²) in [6.07, 6.45) is 0. The summed E-state index contributed by atoms with van der Waals surface area (Å²) in [5.74, 6) is 0. The summed E-state index contributed by atoms with van der Waals surface area (Å²) in [6, 6.07) is 81.3. The van der Waals surface area contributed by atoms with Crippen LogP contribution in [0.25, 0.3) is 130 Å². The molecule has 0 spiro atoms. The van der Waals surface area contributed by atoms with Gasteiger partial charge in [-0.15, -0.1) is 0 Å². The fourth-order valence-electron chi connectivity index (χ4n) is 10.3. The Hall–Kier alpha value is -7.80. The maximum Gasteiger partial charge on any atom is -0.00928 e. The van der Waals surface area contributed by atoms with E-state index in [1.54, 1.807) is 0 Å². The van der Waals surface area contributed by atoms with Crippen molar-refractivity contribution in [1.82, 2.24) is 0 Å². The van der Waals surface area contributed by atoms with Crippen LogP contribution in [0.1, 0.15) is 0 Å². The Morgan fingerprint density at radius 3 is 0.717 bits per heavy atom. The molecule has 0 nitrogen and oxygen atoms in total. The molecule has 0 unspecified atom stereocenters. The lowest BCUT2D eigenvalue weighted by Crippen LogP contribution is -1.86. The van der Waals surface area contributed by atoms with Crippen LogP contribution in [0.4, 0.5) is 0 Å². The Balaban J connectivity index is 0.841. The molecule has 0 aliphatic heterocycles. The van der Waals surface area contributed by atoms with E-state index in [1.807, 2.05) is 0 Å². The van der Waals surface area contributed by atoms with Gasteiger partial charge >= 0.3 is 0 Å². The monoisotopic (exact) mass is 756 g/mol. The molecule has 0 heteroatoms. The lowest BCUT2D eigenvalue weighted by atomic mass is 9.90. The van der Waals surface area contributed by atoms with Gasteiger partial charge in [0.15, 0.2) is 0 Å². The van der Waals surface area contributed by atoms with E-state index in [0.717, 1.165) is 0 Å². The molecule has 13 rings (SSSR count). The smallest absolute Gasteiger partial charge is 0.00928 e. The first-order valence-corrected chi connectivity index (χ1v) is 20.9. The minimum atomic E-state index is 1.22. The fraction of sp³-hybridized carbons (Fsp3) is 0. The van der Waals surface area contributed by atoms with Crippen LogP contribution in [0, 0.1) is 0 Å². The van der Waals surface area contributed by atoms with Crippen molar-refractivity contribution in [2.24, 2.45) is 0 Å². The standard InChI is InChI=1S/C60H36/c1-3-13-51-47(9-1)49-11-5-7-15-53(49)59-35-41(23-29-57(51)59)38-19-17-37(18-20-38)39-21-27-45-43(33-39)25-31-56-46-28-22-40(34-44(46)26-32-55(45)56)42-24-30-58-52-14-4-2-10-48(52)50-12-6-8-16-54(50)60(58)36-42/h1-36H. The summed E-state index contributed by atoms with van der Waals surface area (Å²) in [4.78, 5) is 0. The number of fused-ring (bicyclic) bond motifs is 17. The van der Waals surface area contributed by atoms with Crippen LogP contribution in [0.15, 0.2) is 218 Å². The minimum Gasteiger partial charge on any atom is -0.0616 e. The maximum atomic E-state index is 2.39. The van der Waals surface area contributed by atoms with Gasteiger partial charge in [0.05, 0.1) is 0 Å². The molecule has 0 amide bonds.